The molecule has 8 heteroatoms. The molecule has 0 aliphatic carbocycles. The number of nitrogens with one attached hydrogen (secondary N) is 3. The van der Waals surface area contributed by atoms with Gasteiger partial charge < -0.3 is 20.7 Å². The Kier molecular flexibility index (Phi) is 9.01. The van der Waals surface area contributed by atoms with Gasteiger partial charge in [0, 0.05) is 31.1 Å². The molecule has 1 aromatic rings. The Hall–Kier alpha value is -1.84. The number of hydrogen-bond acceptors (Lipinski definition) is 4. The van der Waals surface area contributed by atoms with E-state index in [-0.39, 0.29) is 48.3 Å². The maximum atomic E-state index is 11.9. The molecule has 0 saturated carbocycles. The highest BCUT2D eigenvalue weighted by Crippen LogP contribution is 2.31. The minimum absolute atomic E-state index is 0. The van der Waals surface area contributed by atoms with Crippen LogP contribution in [0.15, 0.2) is 29.3 Å². The molecule has 1 amide bonds. The summed E-state index contributed by atoms with van der Waals surface area (Å²) >= 11 is 0. The number of anilines is 1. The lowest BCUT2D eigenvalue weighted by Gasteiger charge is -2.26. The van der Waals surface area contributed by atoms with Gasteiger partial charge in [-0.15, -0.1) is 24.0 Å². The number of carbonyl (C=O) groups is 2. The lowest BCUT2D eigenvalue weighted by Crippen LogP contribution is -2.41. The number of benzene rings is 1. The molecule has 0 bridgehead atoms. The Morgan fingerprint density at radius 2 is 2.00 bits per heavy atom. The first-order valence-electron chi connectivity index (χ1n) is 8.91. The second-order valence-corrected chi connectivity index (χ2v) is 7.20. The lowest BCUT2D eigenvalue weighted by atomic mass is 9.90. The number of carbonyl (C=O) groups excluding carboxylic acids is 2. The van der Waals surface area contributed by atoms with Gasteiger partial charge >= 0.3 is 5.97 Å². The maximum absolute atomic E-state index is 11.9. The maximum Gasteiger partial charge on any atom is 0.328 e. The summed E-state index contributed by atoms with van der Waals surface area (Å²) in [5, 5.41) is 9.22. The molecule has 2 rings (SSSR count). The minimum Gasteiger partial charge on any atom is -0.459 e. The summed E-state index contributed by atoms with van der Waals surface area (Å²) in [6, 6.07) is 7.79. The standard InChI is InChI=1S/C19H28N4O3.HI/c1-5-20-18(22-12-17(25)26-19(2,3)4)21-11-13-10-16(24)23-15-9-7-6-8-14(13)15;/h6-9,13H,5,10-12H2,1-4H3,(H,23,24)(H2,20,21,22);1H. The summed E-state index contributed by atoms with van der Waals surface area (Å²) in [5.74, 6) is 0.204. The van der Waals surface area contributed by atoms with Crippen LogP contribution >= 0.6 is 24.0 Å². The quantitative estimate of drug-likeness (QED) is 0.257. The number of fused-ring (bicyclic) bond motifs is 1. The molecule has 1 heterocycles. The van der Waals surface area contributed by atoms with E-state index in [0.29, 0.717) is 25.5 Å². The average molecular weight is 488 g/mol. The topological polar surface area (TPSA) is 91.8 Å². The van der Waals surface area contributed by atoms with Gasteiger partial charge in [0.25, 0.3) is 0 Å². The summed E-state index contributed by atoms with van der Waals surface area (Å²) < 4.78 is 5.27. The second kappa shape index (κ2) is 10.5. The third-order valence-electron chi connectivity index (χ3n) is 3.75. The van der Waals surface area contributed by atoms with Crippen molar-refractivity contribution in [2.75, 3.05) is 25.0 Å². The van der Waals surface area contributed by atoms with E-state index in [1.54, 1.807) is 0 Å². The summed E-state index contributed by atoms with van der Waals surface area (Å²) in [5.41, 5.74) is 1.42. The molecule has 1 aliphatic heterocycles. The van der Waals surface area contributed by atoms with Gasteiger partial charge in [-0.05, 0) is 39.3 Å². The zero-order valence-electron chi connectivity index (χ0n) is 16.3. The number of rotatable bonds is 5. The summed E-state index contributed by atoms with van der Waals surface area (Å²) in [4.78, 5) is 28.0. The van der Waals surface area contributed by atoms with Gasteiger partial charge in [-0.3, -0.25) is 9.59 Å². The largest absolute Gasteiger partial charge is 0.459 e. The van der Waals surface area contributed by atoms with Crippen LogP contribution in [0.1, 0.15) is 45.6 Å². The van der Waals surface area contributed by atoms with Crippen molar-refractivity contribution < 1.29 is 14.3 Å². The number of halogens is 1. The molecule has 27 heavy (non-hydrogen) atoms. The highest BCUT2D eigenvalue weighted by atomic mass is 127. The molecule has 7 nitrogen and oxygen atoms in total. The van der Waals surface area contributed by atoms with Crippen molar-refractivity contribution in [1.82, 2.24) is 10.6 Å². The Labute approximate surface area is 177 Å². The molecule has 1 aromatic carbocycles. The molecule has 3 N–H and O–H groups in total. The molecule has 0 fully saturated rings. The fourth-order valence-electron chi connectivity index (χ4n) is 2.76. The number of esters is 1. The van der Waals surface area contributed by atoms with Crippen molar-refractivity contribution in [2.24, 2.45) is 4.99 Å². The number of para-hydroxylation sites is 1. The number of ether oxygens (including phenoxy) is 1. The normalized spacial score (nSPS) is 16.5. The number of amides is 1. The van der Waals surface area contributed by atoms with Crippen LogP contribution in [0.3, 0.4) is 0 Å². The highest BCUT2D eigenvalue weighted by Gasteiger charge is 2.24. The number of hydrogen-bond donors (Lipinski definition) is 3. The summed E-state index contributed by atoms with van der Waals surface area (Å²) in [7, 11) is 0. The zero-order chi connectivity index (χ0) is 19.2. The van der Waals surface area contributed by atoms with E-state index < -0.39 is 5.60 Å². The van der Waals surface area contributed by atoms with E-state index >= 15 is 0 Å². The van der Waals surface area contributed by atoms with Crippen molar-refractivity contribution in [2.45, 2.75) is 45.6 Å². The molecular weight excluding hydrogens is 459 g/mol. The van der Waals surface area contributed by atoms with Crippen LogP contribution in [0, 0.1) is 0 Å². The molecule has 1 unspecified atom stereocenters. The smallest absolute Gasteiger partial charge is 0.328 e. The van der Waals surface area contributed by atoms with Gasteiger partial charge in [0.2, 0.25) is 5.91 Å². The van der Waals surface area contributed by atoms with Crippen molar-refractivity contribution in [3.63, 3.8) is 0 Å². The fraction of sp³-hybridized carbons (Fsp3) is 0.526. The predicted molar refractivity (Wildman–Crippen MR) is 118 cm³/mol. The second-order valence-electron chi connectivity index (χ2n) is 7.20. The van der Waals surface area contributed by atoms with Crippen molar-refractivity contribution in [1.29, 1.82) is 0 Å². The van der Waals surface area contributed by atoms with Crippen LogP contribution in [-0.2, 0) is 14.3 Å². The van der Waals surface area contributed by atoms with E-state index in [1.165, 1.54) is 0 Å². The Morgan fingerprint density at radius 3 is 2.67 bits per heavy atom. The van der Waals surface area contributed by atoms with Crippen LogP contribution in [0.5, 0.6) is 0 Å². The van der Waals surface area contributed by atoms with Crippen LogP contribution < -0.4 is 16.0 Å². The Bertz CT molecular complexity index is 686. The minimum atomic E-state index is -0.530. The van der Waals surface area contributed by atoms with Gasteiger partial charge in [0.15, 0.2) is 5.96 Å². The molecule has 0 saturated heterocycles. The van der Waals surface area contributed by atoms with E-state index in [0.717, 1.165) is 11.3 Å². The van der Waals surface area contributed by atoms with Gasteiger partial charge in [-0.1, -0.05) is 18.2 Å². The van der Waals surface area contributed by atoms with Gasteiger partial charge in [-0.25, -0.2) is 4.99 Å². The van der Waals surface area contributed by atoms with E-state index in [2.05, 4.69) is 20.9 Å². The Balaban J connectivity index is 0.00000364. The summed E-state index contributed by atoms with van der Waals surface area (Å²) in [6.07, 6.45) is 0.412. The van der Waals surface area contributed by atoms with Crippen molar-refractivity contribution in [3.8, 4) is 0 Å². The first-order valence-corrected chi connectivity index (χ1v) is 8.91. The predicted octanol–water partition coefficient (Wildman–Crippen LogP) is 2.63. The Morgan fingerprint density at radius 1 is 1.30 bits per heavy atom. The molecule has 1 aliphatic rings. The van der Waals surface area contributed by atoms with Crippen molar-refractivity contribution in [3.05, 3.63) is 29.8 Å². The molecule has 150 valence electrons. The molecule has 0 aromatic heterocycles. The van der Waals surface area contributed by atoms with E-state index in [1.807, 2.05) is 52.0 Å². The molecular formula is C19H29IN4O3. The number of guanidine groups is 1. The summed E-state index contributed by atoms with van der Waals surface area (Å²) in [6.45, 7) is 8.58. The number of aliphatic imine (C=N–C) groups is 1. The fourth-order valence-corrected chi connectivity index (χ4v) is 2.76. The molecule has 0 radical (unpaired) electrons. The van der Waals surface area contributed by atoms with E-state index in [9.17, 15) is 9.59 Å². The monoisotopic (exact) mass is 488 g/mol. The highest BCUT2D eigenvalue weighted by molar-refractivity contribution is 14.0. The third kappa shape index (κ3) is 7.74. The van der Waals surface area contributed by atoms with Gasteiger partial charge in [0.05, 0.1) is 0 Å². The molecule has 1 atom stereocenters. The first-order chi connectivity index (χ1) is 12.3. The SMILES string of the molecule is CCNC(=NCC(=O)OC(C)(C)C)NCC1CC(=O)Nc2ccccc21.I. The van der Waals surface area contributed by atoms with Crippen LogP contribution in [0.25, 0.3) is 0 Å². The van der Waals surface area contributed by atoms with Gasteiger partial charge in [-0.2, -0.15) is 0 Å². The van der Waals surface area contributed by atoms with E-state index in [4.69, 9.17) is 4.74 Å². The first kappa shape index (κ1) is 23.2. The van der Waals surface area contributed by atoms with Crippen LogP contribution in [0.2, 0.25) is 0 Å². The zero-order valence-corrected chi connectivity index (χ0v) is 18.6. The third-order valence-corrected chi connectivity index (χ3v) is 3.75. The lowest BCUT2D eigenvalue weighted by molar-refractivity contribution is -0.152. The van der Waals surface area contributed by atoms with Crippen LogP contribution in [-0.4, -0.2) is 43.1 Å². The molecule has 0 spiro atoms. The average Bonchev–Trinajstić information content (AvgIpc) is 2.55. The van der Waals surface area contributed by atoms with Crippen LogP contribution in [0.4, 0.5) is 5.69 Å². The van der Waals surface area contributed by atoms with Crippen molar-refractivity contribution >= 4 is 47.5 Å². The van der Waals surface area contributed by atoms with Gasteiger partial charge in [0.1, 0.15) is 12.1 Å². The number of nitrogens with zero attached hydrogens (tertiary/aromatic N) is 1.